The van der Waals surface area contributed by atoms with E-state index in [1.807, 2.05) is 29.1 Å². The van der Waals surface area contributed by atoms with Crippen molar-refractivity contribution in [3.63, 3.8) is 0 Å². The van der Waals surface area contributed by atoms with Crippen LogP contribution in [0.3, 0.4) is 0 Å². The van der Waals surface area contributed by atoms with E-state index in [1.54, 1.807) is 36.4 Å². The van der Waals surface area contributed by atoms with Gasteiger partial charge in [-0.1, -0.05) is 35.5 Å². The molecule has 0 atom stereocenters. The molecule has 2 aromatic carbocycles. The van der Waals surface area contributed by atoms with E-state index in [4.69, 9.17) is 16.3 Å². The summed E-state index contributed by atoms with van der Waals surface area (Å²) in [5, 5.41) is 2.99. The number of ether oxygens (including phenoxy) is 1. The second-order valence-corrected chi connectivity index (χ2v) is 8.11. The third-order valence-corrected chi connectivity index (χ3v) is 5.95. The molecule has 1 N–H and O–H groups in total. The molecule has 1 aliphatic heterocycles. The van der Waals surface area contributed by atoms with Gasteiger partial charge in [0.15, 0.2) is 0 Å². The normalized spacial score (nSPS) is 13.5. The number of thioether (sulfide) groups is 1. The fourth-order valence-electron chi connectivity index (χ4n) is 3.19. The highest BCUT2D eigenvalue weighted by Crippen LogP contribution is 2.30. The van der Waals surface area contributed by atoms with E-state index in [2.05, 4.69) is 5.32 Å². The number of anilines is 1. The van der Waals surface area contributed by atoms with Crippen LogP contribution in [-0.4, -0.2) is 39.4 Å². The number of rotatable bonds is 6. The molecule has 0 unspecified atom stereocenters. The molecule has 158 valence electrons. The molecule has 7 nitrogen and oxygen atoms in total. The molecule has 3 aromatic rings. The number of hydrogen-bond donors (Lipinski definition) is 1. The Bertz CT molecular complexity index is 1130. The van der Waals surface area contributed by atoms with E-state index in [-0.39, 0.29) is 29.4 Å². The largest absolute Gasteiger partial charge is 0.496 e. The van der Waals surface area contributed by atoms with Crippen molar-refractivity contribution < 1.29 is 19.1 Å². The van der Waals surface area contributed by atoms with E-state index in [0.29, 0.717) is 27.7 Å². The highest BCUT2D eigenvalue weighted by Gasteiger charge is 2.29. The molecule has 31 heavy (non-hydrogen) atoms. The molecular weight excluding hydrogens is 438 g/mol. The smallest absolute Gasteiger partial charge is 0.289 e. The van der Waals surface area contributed by atoms with E-state index in [1.165, 1.54) is 12.0 Å². The van der Waals surface area contributed by atoms with Gasteiger partial charge < -0.3 is 14.6 Å². The summed E-state index contributed by atoms with van der Waals surface area (Å²) in [5.74, 6) is 0.0119. The van der Waals surface area contributed by atoms with Crippen molar-refractivity contribution >= 4 is 46.1 Å². The van der Waals surface area contributed by atoms with Crippen molar-refractivity contribution in [1.82, 2.24) is 9.47 Å². The Morgan fingerprint density at radius 1 is 1.16 bits per heavy atom. The summed E-state index contributed by atoms with van der Waals surface area (Å²) in [5.41, 5.74) is 2.36. The predicted molar refractivity (Wildman–Crippen MR) is 120 cm³/mol. The number of amides is 3. The summed E-state index contributed by atoms with van der Waals surface area (Å²) in [4.78, 5) is 37.5. The fraction of sp³-hybridized carbons (Fsp3) is 0.136. The maximum Gasteiger partial charge on any atom is 0.289 e. The fourth-order valence-corrected chi connectivity index (χ4v) is 4.18. The quantitative estimate of drug-likeness (QED) is 0.588. The van der Waals surface area contributed by atoms with Gasteiger partial charge in [-0.3, -0.25) is 19.3 Å². The highest BCUT2D eigenvalue weighted by atomic mass is 35.5. The average molecular weight is 456 g/mol. The molecule has 1 aromatic heterocycles. The molecular formula is C22H18ClN3O4S. The first-order chi connectivity index (χ1) is 15.0. The lowest BCUT2D eigenvalue weighted by Gasteiger charge is -2.15. The van der Waals surface area contributed by atoms with Gasteiger partial charge in [0.2, 0.25) is 5.91 Å². The first kappa shape index (κ1) is 21.0. The zero-order chi connectivity index (χ0) is 22.0. The van der Waals surface area contributed by atoms with E-state index >= 15 is 0 Å². The Morgan fingerprint density at radius 3 is 2.48 bits per heavy atom. The Hall–Kier alpha value is -3.23. The number of carbonyl (C=O) groups excluding carboxylic acids is 3. The number of methoxy groups -OCH3 is 1. The predicted octanol–water partition coefficient (Wildman–Crippen LogP) is 4.59. The Labute approximate surface area is 187 Å². The Balaban J connectivity index is 1.50. The molecule has 0 saturated carbocycles. The van der Waals surface area contributed by atoms with Crippen LogP contribution in [0.1, 0.15) is 15.9 Å². The van der Waals surface area contributed by atoms with Gasteiger partial charge in [0.05, 0.1) is 35.7 Å². The van der Waals surface area contributed by atoms with Gasteiger partial charge in [0.25, 0.3) is 11.1 Å². The monoisotopic (exact) mass is 455 g/mol. The maximum atomic E-state index is 12.8. The third-order valence-electron chi connectivity index (χ3n) is 4.79. The van der Waals surface area contributed by atoms with Crippen LogP contribution in [0.15, 0.2) is 60.9 Å². The summed E-state index contributed by atoms with van der Waals surface area (Å²) in [7, 11) is 1.49. The first-order valence-corrected chi connectivity index (χ1v) is 10.7. The van der Waals surface area contributed by atoms with Gasteiger partial charge in [0.1, 0.15) is 5.75 Å². The third kappa shape index (κ3) is 4.45. The van der Waals surface area contributed by atoms with Gasteiger partial charge in [-0.2, -0.15) is 0 Å². The number of benzene rings is 2. The van der Waals surface area contributed by atoms with Crippen molar-refractivity contribution in [2.45, 2.75) is 6.54 Å². The van der Waals surface area contributed by atoms with Crippen molar-refractivity contribution in [2.24, 2.45) is 0 Å². The van der Waals surface area contributed by atoms with Gasteiger partial charge >= 0.3 is 0 Å². The van der Waals surface area contributed by atoms with Gasteiger partial charge in [-0.25, -0.2) is 0 Å². The molecule has 1 aliphatic rings. The van der Waals surface area contributed by atoms with Crippen LogP contribution in [0.4, 0.5) is 10.5 Å². The van der Waals surface area contributed by atoms with E-state index in [0.717, 1.165) is 17.3 Å². The summed E-state index contributed by atoms with van der Waals surface area (Å²) in [6.07, 6.45) is 3.70. The Kier molecular flexibility index (Phi) is 6.01. The number of nitrogens with zero attached hydrogens (tertiary/aromatic N) is 2. The van der Waals surface area contributed by atoms with Crippen LogP contribution < -0.4 is 10.1 Å². The second kappa shape index (κ2) is 8.87. The molecule has 0 radical (unpaired) electrons. The van der Waals surface area contributed by atoms with Crippen LogP contribution >= 0.6 is 23.4 Å². The average Bonchev–Trinajstić information content (AvgIpc) is 3.41. The lowest BCUT2D eigenvalue weighted by Crippen LogP contribution is -2.27. The van der Waals surface area contributed by atoms with Crippen LogP contribution in [0.2, 0.25) is 5.02 Å². The summed E-state index contributed by atoms with van der Waals surface area (Å²) >= 11 is 7.41. The Morgan fingerprint density at radius 2 is 1.87 bits per heavy atom. The topological polar surface area (TPSA) is 80.6 Å². The van der Waals surface area contributed by atoms with Crippen molar-refractivity contribution in [3.05, 3.63) is 77.1 Å². The zero-order valence-electron chi connectivity index (χ0n) is 16.5. The summed E-state index contributed by atoms with van der Waals surface area (Å²) < 4.78 is 7.24. The lowest BCUT2D eigenvalue weighted by molar-refractivity contribution is -0.125. The second-order valence-electron chi connectivity index (χ2n) is 6.78. The van der Waals surface area contributed by atoms with Gasteiger partial charge in [-0.15, -0.1) is 0 Å². The molecule has 0 aliphatic carbocycles. The molecule has 2 heterocycles. The van der Waals surface area contributed by atoms with Gasteiger partial charge in [-0.05, 0) is 35.9 Å². The standard InChI is InChI=1S/C22H18ClN3O4S/c1-30-19-11-18(25-8-2-3-9-25)17(23)10-16(19)21(28)24-15-6-4-14(5-7-15)12-26-20(27)13-31-22(26)29/h2-11H,12-13H2,1H3,(H,24,28). The molecule has 0 bridgehead atoms. The van der Waals surface area contributed by atoms with E-state index in [9.17, 15) is 14.4 Å². The molecule has 4 rings (SSSR count). The zero-order valence-corrected chi connectivity index (χ0v) is 18.1. The van der Waals surface area contributed by atoms with Crippen LogP contribution in [0, 0.1) is 0 Å². The van der Waals surface area contributed by atoms with Gasteiger partial charge in [0, 0.05) is 24.1 Å². The van der Waals surface area contributed by atoms with Crippen molar-refractivity contribution in [2.75, 3.05) is 18.2 Å². The number of carbonyl (C=O) groups is 3. The summed E-state index contributed by atoms with van der Waals surface area (Å²) in [6.45, 7) is 0.211. The minimum Gasteiger partial charge on any atom is -0.496 e. The van der Waals surface area contributed by atoms with Crippen LogP contribution in [0.5, 0.6) is 5.75 Å². The minimum atomic E-state index is -0.369. The lowest BCUT2D eigenvalue weighted by atomic mass is 10.1. The maximum absolute atomic E-state index is 12.8. The number of imide groups is 1. The van der Waals surface area contributed by atoms with Crippen LogP contribution in [0.25, 0.3) is 5.69 Å². The summed E-state index contributed by atoms with van der Waals surface area (Å²) in [6, 6.07) is 14.0. The number of nitrogens with one attached hydrogen (secondary N) is 1. The molecule has 0 spiro atoms. The van der Waals surface area contributed by atoms with Crippen molar-refractivity contribution in [1.29, 1.82) is 0 Å². The molecule has 1 fully saturated rings. The van der Waals surface area contributed by atoms with E-state index < -0.39 is 0 Å². The molecule has 1 saturated heterocycles. The first-order valence-electron chi connectivity index (χ1n) is 9.34. The van der Waals surface area contributed by atoms with Crippen molar-refractivity contribution in [3.8, 4) is 11.4 Å². The van der Waals surface area contributed by atoms with Crippen LogP contribution in [-0.2, 0) is 11.3 Å². The number of halogens is 1. The number of aromatic nitrogens is 1. The number of hydrogen-bond acceptors (Lipinski definition) is 5. The minimum absolute atomic E-state index is 0.181. The SMILES string of the molecule is COc1cc(-n2cccc2)c(Cl)cc1C(=O)Nc1ccc(CN2C(=O)CSC2=O)cc1. The highest BCUT2D eigenvalue weighted by molar-refractivity contribution is 8.14. The molecule has 3 amide bonds. The molecule has 9 heteroatoms.